The maximum atomic E-state index is 9.45. The highest BCUT2D eigenvalue weighted by atomic mass is 35.5. The zero-order valence-corrected chi connectivity index (χ0v) is 11.7. The van der Waals surface area contributed by atoms with Crippen LogP contribution < -0.4 is 11.1 Å². The van der Waals surface area contributed by atoms with Crippen LogP contribution in [-0.4, -0.2) is 34.9 Å². The van der Waals surface area contributed by atoms with Gasteiger partial charge in [-0.15, -0.1) is 5.10 Å². The SMILES string of the molecule is Nc1nc(Nc2ccc(O)c(O)c2)nn1-c1cc(Cl)ncn1. The van der Waals surface area contributed by atoms with Crippen molar-refractivity contribution >= 4 is 29.2 Å². The maximum Gasteiger partial charge on any atom is 0.248 e. The molecule has 2 aromatic heterocycles. The predicted octanol–water partition coefficient (Wildman–Crippen LogP) is 1.45. The van der Waals surface area contributed by atoms with Gasteiger partial charge in [-0.2, -0.15) is 9.67 Å². The van der Waals surface area contributed by atoms with Crippen LogP contribution in [0.5, 0.6) is 11.5 Å². The summed E-state index contributed by atoms with van der Waals surface area (Å²) in [4.78, 5) is 11.8. The summed E-state index contributed by atoms with van der Waals surface area (Å²) in [5.41, 5.74) is 6.27. The normalized spacial score (nSPS) is 10.6. The van der Waals surface area contributed by atoms with Crippen LogP contribution >= 0.6 is 11.6 Å². The number of aromatic hydroxyl groups is 2. The Morgan fingerprint density at radius 2 is 1.95 bits per heavy atom. The van der Waals surface area contributed by atoms with Crippen molar-refractivity contribution in [1.29, 1.82) is 0 Å². The van der Waals surface area contributed by atoms with E-state index in [0.717, 1.165) is 0 Å². The summed E-state index contributed by atoms with van der Waals surface area (Å²) in [7, 11) is 0. The number of nitrogens with one attached hydrogen (secondary N) is 1. The highest BCUT2D eigenvalue weighted by Crippen LogP contribution is 2.28. The molecule has 22 heavy (non-hydrogen) atoms. The van der Waals surface area contributed by atoms with Gasteiger partial charge in [0.1, 0.15) is 11.5 Å². The van der Waals surface area contributed by atoms with Crippen molar-refractivity contribution in [1.82, 2.24) is 24.7 Å². The number of hydrogen-bond acceptors (Lipinski definition) is 8. The molecular weight excluding hydrogens is 310 g/mol. The van der Waals surface area contributed by atoms with Gasteiger partial charge in [0.05, 0.1) is 0 Å². The Morgan fingerprint density at radius 1 is 1.14 bits per heavy atom. The van der Waals surface area contributed by atoms with Crippen molar-refractivity contribution in [3.8, 4) is 17.3 Å². The second-order valence-electron chi connectivity index (χ2n) is 4.23. The van der Waals surface area contributed by atoms with E-state index in [0.29, 0.717) is 11.5 Å². The average Bonchev–Trinajstić information content (AvgIpc) is 2.84. The number of anilines is 3. The Morgan fingerprint density at radius 3 is 2.68 bits per heavy atom. The number of aromatic nitrogens is 5. The second kappa shape index (κ2) is 5.37. The van der Waals surface area contributed by atoms with Crippen LogP contribution in [0.3, 0.4) is 0 Å². The summed E-state index contributed by atoms with van der Waals surface area (Å²) in [6.07, 6.45) is 1.28. The van der Waals surface area contributed by atoms with Crippen molar-refractivity contribution in [2.75, 3.05) is 11.1 Å². The van der Waals surface area contributed by atoms with E-state index >= 15 is 0 Å². The summed E-state index contributed by atoms with van der Waals surface area (Å²) in [5, 5.41) is 26.0. The number of rotatable bonds is 3. The Labute approximate surface area is 129 Å². The fraction of sp³-hybridized carbons (Fsp3) is 0. The second-order valence-corrected chi connectivity index (χ2v) is 4.62. The number of nitrogens with zero attached hydrogens (tertiary/aromatic N) is 5. The zero-order valence-electron chi connectivity index (χ0n) is 11.0. The van der Waals surface area contributed by atoms with Crippen molar-refractivity contribution in [2.24, 2.45) is 0 Å². The molecule has 0 fully saturated rings. The lowest BCUT2D eigenvalue weighted by molar-refractivity contribution is 0.404. The molecule has 0 amide bonds. The van der Waals surface area contributed by atoms with Gasteiger partial charge >= 0.3 is 0 Å². The van der Waals surface area contributed by atoms with Crippen LogP contribution in [0.4, 0.5) is 17.6 Å². The minimum absolute atomic E-state index is 0.0975. The minimum atomic E-state index is -0.264. The molecule has 0 atom stereocenters. The molecule has 5 N–H and O–H groups in total. The van der Waals surface area contributed by atoms with Crippen molar-refractivity contribution in [3.05, 3.63) is 35.7 Å². The number of phenolic OH excluding ortho intramolecular Hbond substituents is 2. The first-order chi connectivity index (χ1) is 10.5. The van der Waals surface area contributed by atoms with E-state index in [9.17, 15) is 10.2 Å². The van der Waals surface area contributed by atoms with Crippen LogP contribution in [0, 0.1) is 0 Å². The lowest BCUT2D eigenvalue weighted by atomic mass is 10.3. The number of nitrogen functional groups attached to an aromatic ring is 1. The zero-order chi connectivity index (χ0) is 15.7. The molecule has 9 nitrogen and oxygen atoms in total. The third-order valence-corrected chi connectivity index (χ3v) is 2.91. The Bertz CT molecular complexity index is 836. The molecule has 0 bridgehead atoms. The molecule has 0 spiro atoms. The van der Waals surface area contributed by atoms with Gasteiger partial charge in [-0.3, -0.25) is 0 Å². The quantitative estimate of drug-likeness (QED) is 0.323. The summed E-state index contributed by atoms with van der Waals surface area (Å²) < 4.78 is 1.29. The summed E-state index contributed by atoms with van der Waals surface area (Å²) in [6.45, 7) is 0. The molecule has 0 aliphatic heterocycles. The highest BCUT2D eigenvalue weighted by molar-refractivity contribution is 6.29. The third kappa shape index (κ3) is 2.69. The Hall–Kier alpha value is -3.07. The molecule has 0 aliphatic carbocycles. The molecule has 3 aromatic rings. The van der Waals surface area contributed by atoms with Crippen LogP contribution in [-0.2, 0) is 0 Å². The van der Waals surface area contributed by atoms with Crippen molar-refractivity contribution in [2.45, 2.75) is 0 Å². The van der Waals surface area contributed by atoms with Crippen molar-refractivity contribution in [3.63, 3.8) is 0 Å². The molecule has 0 saturated heterocycles. The van der Waals surface area contributed by atoms with E-state index < -0.39 is 0 Å². The molecule has 0 aliphatic rings. The molecule has 1 aromatic carbocycles. The molecule has 0 unspecified atom stereocenters. The molecule has 0 saturated carbocycles. The van der Waals surface area contributed by atoms with Gasteiger partial charge in [0.25, 0.3) is 0 Å². The third-order valence-electron chi connectivity index (χ3n) is 2.70. The molecule has 0 radical (unpaired) electrons. The topological polar surface area (TPSA) is 135 Å². The van der Waals surface area contributed by atoms with E-state index in [1.807, 2.05) is 0 Å². The maximum absolute atomic E-state index is 9.45. The lowest BCUT2D eigenvalue weighted by Gasteiger charge is -2.03. The molecular formula is C12H10ClN7O2. The monoisotopic (exact) mass is 319 g/mol. The number of halogens is 1. The van der Waals surface area contributed by atoms with Crippen LogP contribution in [0.2, 0.25) is 5.15 Å². The van der Waals surface area contributed by atoms with E-state index in [2.05, 4.69) is 25.4 Å². The van der Waals surface area contributed by atoms with Crippen molar-refractivity contribution < 1.29 is 10.2 Å². The molecule has 10 heteroatoms. The van der Waals surface area contributed by atoms with Gasteiger partial charge < -0.3 is 21.3 Å². The van der Waals surface area contributed by atoms with Gasteiger partial charge in [-0.05, 0) is 12.1 Å². The van der Waals surface area contributed by atoms with Crippen LogP contribution in [0.1, 0.15) is 0 Å². The van der Waals surface area contributed by atoms with Gasteiger partial charge in [-0.25, -0.2) is 9.97 Å². The standard InChI is InChI=1S/C12H10ClN7O2/c13-9-4-10(16-5-15-9)20-11(14)18-12(19-20)17-6-1-2-7(21)8(22)3-6/h1-5,21-22H,(H3,14,17,18,19). The smallest absolute Gasteiger partial charge is 0.248 e. The number of nitrogens with two attached hydrogens (primary N) is 1. The van der Waals surface area contributed by atoms with Gasteiger partial charge in [-0.1, -0.05) is 11.6 Å². The fourth-order valence-corrected chi connectivity index (χ4v) is 1.86. The van der Waals surface area contributed by atoms with E-state index in [1.54, 1.807) is 6.07 Å². The van der Waals surface area contributed by atoms with Gasteiger partial charge in [0.2, 0.25) is 11.9 Å². The van der Waals surface area contributed by atoms with Crippen LogP contribution in [0.15, 0.2) is 30.6 Å². The van der Waals surface area contributed by atoms with E-state index in [4.69, 9.17) is 17.3 Å². The number of hydrogen-bond donors (Lipinski definition) is 4. The van der Waals surface area contributed by atoms with Crippen LogP contribution in [0.25, 0.3) is 5.82 Å². The first kappa shape index (κ1) is 13.9. The fourth-order valence-electron chi connectivity index (χ4n) is 1.72. The first-order valence-corrected chi connectivity index (χ1v) is 6.40. The lowest BCUT2D eigenvalue weighted by Crippen LogP contribution is -2.04. The summed E-state index contributed by atoms with van der Waals surface area (Å²) >= 11 is 5.80. The number of benzene rings is 1. The van der Waals surface area contributed by atoms with Gasteiger partial charge in [0, 0.05) is 17.8 Å². The molecule has 2 heterocycles. The Kier molecular flexibility index (Phi) is 3.39. The largest absolute Gasteiger partial charge is 0.504 e. The predicted molar refractivity (Wildman–Crippen MR) is 79.4 cm³/mol. The highest BCUT2D eigenvalue weighted by Gasteiger charge is 2.11. The Balaban J connectivity index is 1.90. The number of phenols is 2. The molecule has 3 rings (SSSR count). The first-order valence-electron chi connectivity index (χ1n) is 6.02. The van der Waals surface area contributed by atoms with Gasteiger partial charge in [0.15, 0.2) is 17.3 Å². The van der Waals surface area contributed by atoms with E-state index in [1.165, 1.54) is 29.2 Å². The molecule has 112 valence electrons. The average molecular weight is 320 g/mol. The van der Waals surface area contributed by atoms with E-state index in [-0.39, 0.29) is 28.5 Å². The summed E-state index contributed by atoms with van der Waals surface area (Å²) in [6, 6.07) is 5.70. The minimum Gasteiger partial charge on any atom is -0.504 e. The summed E-state index contributed by atoms with van der Waals surface area (Å²) in [5.74, 6) is 0.170.